The predicted molar refractivity (Wildman–Crippen MR) is 65.8 cm³/mol. The van der Waals surface area contributed by atoms with Gasteiger partial charge in [0.25, 0.3) is 0 Å². The molecule has 18 heavy (non-hydrogen) atoms. The number of aromatic carboxylic acids is 1. The molecule has 2 rings (SSSR count). The molecule has 0 fully saturated rings. The van der Waals surface area contributed by atoms with Crippen LogP contribution in [0.4, 0.5) is 5.82 Å². The Morgan fingerprint density at radius 2 is 1.94 bits per heavy atom. The molecule has 0 aliphatic rings. The van der Waals surface area contributed by atoms with Crippen LogP contribution in [-0.2, 0) is 0 Å². The summed E-state index contributed by atoms with van der Waals surface area (Å²) in [6, 6.07) is 10.3. The van der Waals surface area contributed by atoms with Crippen molar-refractivity contribution in [1.29, 1.82) is 5.26 Å². The maximum absolute atomic E-state index is 10.9. The van der Waals surface area contributed by atoms with Crippen LogP contribution in [0.1, 0.15) is 15.9 Å². The van der Waals surface area contributed by atoms with Gasteiger partial charge >= 0.3 is 5.97 Å². The minimum atomic E-state index is -1.12. The summed E-state index contributed by atoms with van der Waals surface area (Å²) in [5.74, 6) is -1.13. The number of nitrogens with zero attached hydrogens (tertiary/aromatic N) is 2. The molecule has 88 valence electrons. The number of pyridine rings is 1. The van der Waals surface area contributed by atoms with Crippen LogP contribution in [0.5, 0.6) is 0 Å². The van der Waals surface area contributed by atoms with Crippen LogP contribution >= 0.6 is 0 Å². The first-order valence-electron chi connectivity index (χ1n) is 5.11. The monoisotopic (exact) mass is 239 g/mol. The van der Waals surface area contributed by atoms with E-state index < -0.39 is 5.97 Å². The average molecular weight is 239 g/mol. The fourth-order valence-corrected chi connectivity index (χ4v) is 1.54. The summed E-state index contributed by atoms with van der Waals surface area (Å²) in [4.78, 5) is 14.8. The number of hydrogen-bond acceptors (Lipinski definition) is 4. The van der Waals surface area contributed by atoms with Crippen molar-refractivity contribution in [1.82, 2.24) is 4.98 Å². The van der Waals surface area contributed by atoms with E-state index in [1.165, 1.54) is 12.3 Å². The molecule has 2 aromatic rings. The molecule has 1 aromatic heterocycles. The molecule has 0 radical (unpaired) electrons. The summed E-state index contributed by atoms with van der Waals surface area (Å²) in [5, 5.41) is 17.7. The van der Waals surface area contributed by atoms with E-state index in [-0.39, 0.29) is 11.4 Å². The predicted octanol–water partition coefficient (Wildman–Crippen LogP) is 1.90. The Kier molecular flexibility index (Phi) is 2.94. The quantitative estimate of drug-likeness (QED) is 0.833. The van der Waals surface area contributed by atoms with Gasteiger partial charge in [-0.15, -0.1) is 0 Å². The van der Waals surface area contributed by atoms with E-state index in [1.807, 2.05) is 6.07 Å². The van der Waals surface area contributed by atoms with Gasteiger partial charge in [0.05, 0.1) is 11.6 Å². The molecule has 5 nitrogen and oxygen atoms in total. The van der Waals surface area contributed by atoms with Crippen LogP contribution in [0.15, 0.2) is 36.5 Å². The van der Waals surface area contributed by atoms with Gasteiger partial charge in [0.2, 0.25) is 0 Å². The lowest BCUT2D eigenvalue weighted by molar-refractivity contribution is 0.0697. The van der Waals surface area contributed by atoms with E-state index >= 15 is 0 Å². The maximum atomic E-state index is 10.9. The van der Waals surface area contributed by atoms with Crippen molar-refractivity contribution < 1.29 is 9.90 Å². The van der Waals surface area contributed by atoms with Gasteiger partial charge in [-0.1, -0.05) is 12.1 Å². The second kappa shape index (κ2) is 4.55. The number of benzene rings is 1. The molecule has 0 bridgehead atoms. The van der Waals surface area contributed by atoms with Crippen molar-refractivity contribution in [2.24, 2.45) is 0 Å². The fraction of sp³-hybridized carbons (Fsp3) is 0. The topological polar surface area (TPSA) is 100 Å². The van der Waals surface area contributed by atoms with Crippen LogP contribution in [0, 0.1) is 11.3 Å². The first kappa shape index (κ1) is 11.6. The number of nitrogen functional groups attached to an aromatic ring is 1. The third-order valence-electron chi connectivity index (χ3n) is 2.50. The number of hydrogen-bond donors (Lipinski definition) is 2. The lowest BCUT2D eigenvalue weighted by Crippen LogP contribution is -2.04. The zero-order valence-corrected chi connectivity index (χ0v) is 9.29. The Labute approximate surface area is 103 Å². The fourth-order valence-electron chi connectivity index (χ4n) is 1.54. The minimum absolute atomic E-state index is 0.0140. The lowest BCUT2D eigenvalue weighted by atomic mass is 10.0. The molecule has 1 aromatic carbocycles. The number of carboxylic acids is 1. The Balaban J connectivity index is 2.48. The highest BCUT2D eigenvalue weighted by molar-refractivity contribution is 5.94. The Morgan fingerprint density at radius 3 is 2.50 bits per heavy atom. The van der Waals surface area contributed by atoms with Crippen LogP contribution < -0.4 is 5.73 Å². The molecule has 3 N–H and O–H groups in total. The third-order valence-corrected chi connectivity index (χ3v) is 2.50. The molecule has 0 saturated heterocycles. The maximum Gasteiger partial charge on any atom is 0.339 e. The second-order valence-corrected chi connectivity index (χ2v) is 3.65. The average Bonchev–Trinajstić information content (AvgIpc) is 2.39. The Hall–Kier alpha value is -2.87. The number of nitrogens with two attached hydrogens (primary N) is 1. The van der Waals surface area contributed by atoms with Gasteiger partial charge < -0.3 is 10.8 Å². The van der Waals surface area contributed by atoms with Gasteiger partial charge in [0.15, 0.2) is 0 Å². The summed E-state index contributed by atoms with van der Waals surface area (Å²) in [6.45, 7) is 0. The molecule has 5 heteroatoms. The summed E-state index contributed by atoms with van der Waals surface area (Å²) in [6.07, 6.45) is 1.50. The van der Waals surface area contributed by atoms with E-state index in [1.54, 1.807) is 24.3 Å². The van der Waals surface area contributed by atoms with E-state index in [4.69, 9.17) is 16.1 Å². The summed E-state index contributed by atoms with van der Waals surface area (Å²) < 4.78 is 0. The van der Waals surface area contributed by atoms with Crippen LogP contribution in [0.2, 0.25) is 0 Å². The number of aromatic nitrogens is 1. The van der Waals surface area contributed by atoms with Crippen LogP contribution in [0.25, 0.3) is 11.1 Å². The van der Waals surface area contributed by atoms with E-state index in [0.717, 1.165) is 5.56 Å². The SMILES string of the molecule is N#Cc1ccc(-c2cnc(N)c(C(=O)O)c2)cc1. The molecular weight excluding hydrogens is 230 g/mol. The van der Waals surface area contributed by atoms with Crippen molar-refractivity contribution in [3.8, 4) is 17.2 Å². The first-order valence-corrected chi connectivity index (χ1v) is 5.11. The van der Waals surface area contributed by atoms with E-state index in [9.17, 15) is 4.79 Å². The standard InChI is InChI=1S/C13H9N3O2/c14-6-8-1-3-9(4-2-8)10-5-11(13(17)18)12(15)16-7-10/h1-5,7H,(H2,15,16)(H,17,18). The van der Waals surface area contributed by atoms with Crippen molar-refractivity contribution in [2.75, 3.05) is 5.73 Å². The number of rotatable bonds is 2. The summed E-state index contributed by atoms with van der Waals surface area (Å²) >= 11 is 0. The minimum Gasteiger partial charge on any atom is -0.478 e. The van der Waals surface area contributed by atoms with Crippen LogP contribution in [-0.4, -0.2) is 16.1 Å². The van der Waals surface area contributed by atoms with Gasteiger partial charge in [-0.3, -0.25) is 0 Å². The largest absolute Gasteiger partial charge is 0.478 e. The van der Waals surface area contributed by atoms with E-state index in [0.29, 0.717) is 11.1 Å². The summed E-state index contributed by atoms with van der Waals surface area (Å²) in [5.41, 5.74) is 7.42. The molecule has 1 heterocycles. The summed E-state index contributed by atoms with van der Waals surface area (Å²) in [7, 11) is 0. The lowest BCUT2D eigenvalue weighted by Gasteiger charge is -2.04. The Morgan fingerprint density at radius 1 is 1.28 bits per heavy atom. The van der Waals surface area contributed by atoms with Crippen molar-refractivity contribution in [3.05, 3.63) is 47.7 Å². The van der Waals surface area contributed by atoms with Gasteiger partial charge in [-0.05, 0) is 23.8 Å². The molecule has 0 amide bonds. The highest BCUT2D eigenvalue weighted by Gasteiger charge is 2.10. The molecule has 0 unspecified atom stereocenters. The highest BCUT2D eigenvalue weighted by Crippen LogP contribution is 2.22. The number of carbonyl (C=O) groups is 1. The van der Waals surface area contributed by atoms with Gasteiger partial charge in [-0.25, -0.2) is 9.78 Å². The number of carboxylic acid groups (broad SMARTS) is 1. The first-order chi connectivity index (χ1) is 8.61. The van der Waals surface area contributed by atoms with Crippen molar-refractivity contribution in [3.63, 3.8) is 0 Å². The number of anilines is 1. The smallest absolute Gasteiger partial charge is 0.339 e. The van der Waals surface area contributed by atoms with E-state index in [2.05, 4.69) is 4.98 Å². The molecule has 0 aliphatic heterocycles. The molecular formula is C13H9N3O2. The van der Waals surface area contributed by atoms with Crippen molar-refractivity contribution >= 4 is 11.8 Å². The van der Waals surface area contributed by atoms with Gasteiger partial charge in [-0.2, -0.15) is 5.26 Å². The normalized spacial score (nSPS) is 9.72. The van der Waals surface area contributed by atoms with Crippen LogP contribution in [0.3, 0.4) is 0 Å². The third kappa shape index (κ3) is 2.13. The highest BCUT2D eigenvalue weighted by atomic mass is 16.4. The molecule has 0 saturated carbocycles. The van der Waals surface area contributed by atoms with Gasteiger partial charge in [0, 0.05) is 11.8 Å². The second-order valence-electron chi connectivity index (χ2n) is 3.65. The molecule has 0 atom stereocenters. The van der Waals surface area contributed by atoms with Crippen molar-refractivity contribution in [2.45, 2.75) is 0 Å². The zero-order valence-electron chi connectivity index (χ0n) is 9.29. The molecule has 0 spiro atoms. The Bertz CT molecular complexity index is 642. The molecule has 0 aliphatic carbocycles. The zero-order chi connectivity index (χ0) is 13.1. The number of nitriles is 1. The van der Waals surface area contributed by atoms with Gasteiger partial charge in [0.1, 0.15) is 11.4 Å².